The molecule has 1 aliphatic rings. The SMILES string of the molecule is NC(CN1C(=O)CCc2ccccc21)c1ccc(F)cc1. The number of anilines is 1. The Labute approximate surface area is 123 Å². The zero-order valence-corrected chi connectivity index (χ0v) is 11.6. The van der Waals surface area contributed by atoms with Gasteiger partial charge >= 0.3 is 0 Å². The van der Waals surface area contributed by atoms with Crippen molar-refractivity contribution < 1.29 is 9.18 Å². The predicted molar refractivity (Wildman–Crippen MR) is 80.4 cm³/mol. The van der Waals surface area contributed by atoms with Gasteiger partial charge in [-0.25, -0.2) is 4.39 Å². The maximum absolute atomic E-state index is 13.0. The Morgan fingerprint density at radius 1 is 1.10 bits per heavy atom. The molecule has 0 spiro atoms. The minimum Gasteiger partial charge on any atom is -0.322 e. The third kappa shape index (κ3) is 2.81. The Morgan fingerprint density at radius 3 is 2.57 bits per heavy atom. The van der Waals surface area contributed by atoms with E-state index in [1.807, 2.05) is 24.3 Å². The fourth-order valence-electron chi connectivity index (χ4n) is 2.71. The van der Waals surface area contributed by atoms with Crippen LogP contribution in [0.15, 0.2) is 48.5 Å². The molecule has 0 saturated heterocycles. The van der Waals surface area contributed by atoms with Crippen LogP contribution >= 0.6 is 0 Å². The van der Waals surface area contributed by atoms with Gasteiger partial charge in [-0.2, -0.15) is 0 Å². The van der Waals surface area contributed by atoms with E-state index in [-0.39, 0.29) is 17.8 Å². The number of amides is 1. The first kappa shape index (κ1) is 13.8. The number of benzene rings is 2. The van der Waals surface area contributed by atoms with Crippen LogP contribution in [0.1, 0.15) is 23.6 Å². The third-order valence-electron chi connectivity index (χ3n) is 3.87. The summed E-state index contributed by atoms with van der Waals surface area (Å²) in [6.45, 7) is 0.404. The minimum atomic E-state index is -0.333. The molecule has 0 bridgehead atoms. The molecule has 0 fully saturated rings. The summed E-state index contributed by atoms with van der Waals surface area (Å²) in [5.41, 5.74) is 9.11. The first-order valence-corrected chi connectivity index (χ1v) is 7.04. The number of hydrogen-bond donors (Lipinski definition) is 1. The number of rotatable bonds is 3. The summed E-state index contributed by atoms with van der Waals surface area (Å²) in [6, 6.07) is 13.7. The van der Waals surface area contributed by atoms with Crippen molar-refractivity contribution in [3.05, 3.63) is 65.5 Å². The summed E-state index contributed by atoms with van der Waals surface area (Å²) in [4.78, 5) is 13.9. The number of hydrogen-bond acceptors (Lipinski definition) is 2. The van der Waals surface area contributed by atoms with Crippen molar-refractivity contribution in [3.63, 3.8) is 0 Å². The highest BCUT2D eigenvalue weighted by Crippen LogP contribution is 2.28. The first-order chi connectivity index (χ1) is 10.1. The molecule has 1 atom stereocenters. The summed E-state index contributed by atoms with van der Waals surface area (Å²) in [7, 11) is 0. The van der Waals surface area contributed by atoms with Gasteiger partial charge in [-0.05, 0) is 35.7 Å². The van der Waals surface area contributed by atoms with Gasteiger partial charge in [-0.3, -0.25) is 4.79 Å². The lowest BCUT2D eigenvalue weighted by Gasteiger charge is -2.31. The van der Waals surface area contributed by atoms with E-state index in [9.17, 15) is 9.18 Å². The molecule has 0 aliphatic carbocycles. The van der Waals surface area contributed by atoms with Gasteiger partial charge < -0.3 is 10.6 Å². The second-order valence-corrected chi connectivity index (χ2v) is 5.29. The molecular weight excluding hydrogens is 267 g/mol. The molecule has 0 aromatic heterocycles. The third-order valence-corrected chi connectivity index (χ3v) is 3.87. The Morgan fingerprint density at radius 2 is 1.81 bits per heavy atom. The molecule has 21 heavy (non-hydrogen) atoms. The number of halogens is 1. The maximum atomic E-state index is 13.0. The number of para-hydroxylation sites is 1. The van der Waals surface area contributed by atoms with E-state index < -0.39 is 0 Å². The van der Waals surface area contributed by atoms with E-state index in [1.54, 1.807) is 17.0 Å². The Hall–Kier alpha value is -2.20. The molecule has 1 heterocycles. The van der Waals surface area contributed by atoms with E-state index in [0.29, 0.717) is 13.0 Å². The molecule has 1 aliphatic heterocycles. The summed E-state index contributed by atoms with van der Waals surface area (Å²) in [5, 5.41) is 0. The van der Waals surface area contributed by atoms with Crippen LogP contribution in [0.3, 0.4) is 0 Å². The van der Waals surface area contributed by atoms with E-state index in [4.69, 9.17) is 5.73 Å². The van der Waals surface area contributed by atoms with Gasteiger partial charge in [0.2, 0.25) is 5.91 Å². The second-order valence-electron chi connectivity index (χ2n) is 5.29. The average molecular weight is 284 g/mol. The molecular formula is C17H17FN2O. The fraction of sp³-hybridized carbons (Fsp3) is 0.235. The minimum absolute atomic E-state index is 0.0891. The second kappa shape index (κ2) is 5.66. The lowest BCUT2D eigenvalue weighted by molar-refractivity contribution is -0.119. The first-order valence-electron chi connectivity index (χ1n) is 7.04. The maximum Gasteiger partial charge on any atom is 0.227 e. The van der Waals surface area contributed by atoms with Crippen LogP contribution in [0.25, 0.3) is 0 Å². The van der Waals surface area contributed by atoms with Crippen molar-refractivity contribution in [3.8, 4) is 0 Å². The number of nitrogens with zero attached hydrogens (tertiary/aromatic N) is 1. The normalized spacial score (nSPS) is 15.7. The lowest BCUT2D eigenvalue weighted by atomic mass is 9.99. The van der Waals surface area contributed by atoms with Crippen LogP contribution in [0.2, 0.25) is 0 Å². The molecule has 3 rings (SSSR count). The van der Waals surface area contributed by atoms with Crippen molar-refractivity contribution >= 4 is 11.6 Å². The van der Waals surface area contributed by atoms with Crippen molar-refractivity contribution in [1.29, 1.82) is 0 Å². The molecule has 4 heteroatoms. The smallest absolute Gasteiger partial charge is 0.227 e. The fourth-order valence-corrected chi connectivity index (χ4v) is 2.71. The van der Waals surface area contributed by atoms with Gasteiger partial charge in [0, 0.05) is 24.7 Å². The number of carbonyl (C=O) groups is 1. The van der Waals surface area contributed by atoms with Gasteiger partial charge in [-0.15, -0.1) is 0 Å². The zero-order valence-electron chi connectivity index (χ0n) is 11.6. The van der Waals surface area contributed by atoms with Crippen LogP contribution < -0.4 is 10.6 Å². The van der Waals surface area contributed by atoms with Gasteiger partial charge in [0.15, 0.2) is 0 Å². The average Bonchev–Trinajstić information content (AvgIpc) is 2.51. The monoisotopic (exact) mass is 284 g/mol. The Kier molecular flexibility index (Phi) is 3.71. The van der Waals surface area contributed by atoms with Crippen molar-refractivity contribution in [1.82, 2.24) is 0 Å². The van der Waals surface area contributed by atoms with E-state index >= 15 is 0 Å². The van der Waals surface area contributed by atoms with Crippen molar-refractivity contribution in [2.45, 2.75) is 18.9 Å². The molecule has 2 aromatic carbocycles. The van der Waals surface area contributed by atoms with Gasteiger partial charge in [0.1, 0.15) is 5.82 Å². The molecule has 1 amide bonds. The number of carbonyl (C=O) groups excluding carboxylic acids is 1. The highest BCUT2D eigenvalue weighted by Gasteiger charge is 2.25. The van der Waals surface area contributed by atoms with Crippen LogP contribution in [0.4, 0.5) is 10.1 Å². The van der Waals surface area contributed by atoms with Gasteiger partial charge in [-0.1, -0.05) is 30.3 Å². The Bertz CT molecular complexity index is 654. The quantitative estimate of drug-likeness (QED) is 0.942. The molecule has 0 saturated carbocycles. The molecule has 0 radical (unpaired) electrons. The molecule has 2 aromatic rings. The predicted octanol–water partition coefficient (Wildman–Crippen LogP) is 2.80. The van der Waals surface area contributed by atoms with Crippen LogP contribution in [0.5, 0.6) is 0 Å². The highest BCUT2D eigenvalue weighted by molar-refractivity contribution is 5.96. The highest BCUT2D eigenvalue weighted by atomic mass is 19.1. The van der Waals surface area contributed by atoms with Crippen molar-refractivity contribution in [2.24, 2.45) is 5.73 Å². The summed E-state index contributed by atoms with van der Waals surface area (Å²) < 4.78 is 13.0. The topological polar surface area (TPSA) is 46.3 Å². The summed E-state index contributed by atoms with van der Waals surface area (Å²) in [5.74, 6) is -0.198. The lowest BCUT2D eigenvalue weighted by Crippen LogP contribution is -2.40. The van der Waals surface area contributed by atoms with E-state index in [0.717, 1.165) is 17.7 Å². The number of aryl methyl sites for hydroxylation is 1. The van der Waals surface area contributed by atoms with Gasteiger partial charge in [0.05, 0.1) is 0 Å². The summed E-state index contributed by atoms with van der Waals surface area (Å²) in [6.07, 6.45) is 1.28. The largest absolute Gasteiger partial charge is 0.322 e. The number of nitrogens with two attached hydrogens (primary N) is 1. The molecule has 3 nitrogen and oxygen atoms in total. The van der Waals surface area contributed by atoms with Crippen LogP contribution in [-0.4, -0.2) is 12.5 Å². The van der Waals surface area contributed by atoms with E-state index in [2.05, 4.69) is 0 Å². The van der Waals surface area contributed by atoms with Crippen LogP contribution in [-0.2, 0) is 11.2 Å². The molecule has 1 unspecified atom stereocenters. The molecule has 2 N–H and O–H groups in total. The van der Waals surface area contributed by atoms with E-state index in [1.165, 1.54) is 17.7 Å². The van der Waals surface area contributed by atoms with Crippen molar-refractivity contribution in [2.75, 3.05) is 11.4 Å². The van der Waals surface area contributed by atoms with Gasteiger partial charge in [0.25, 0.3) is 0 Å². The summed E-state index contributed by atoms with van der Waals surface area (Å²) >= 11 is 0. The number of fused-ring (bicyclic) bond motifs is 1. The van der Waals surface area contributed by atoms with Crippen LogP contribution in [0, 0.1) is 5.82 Å². The standard InChI is InChI=1S/C17H17FN2O/c18-14-8-5-12(6-9-14)15(19)11-20-16-4-2-1-3-13(16)7-10-17(20)21/h1-6,8-9,15H,7,10-11,19H2. The molecule has 108 valence electrons. The Balaban J connectivity index is 1.83. The zero-order chi connectivity index (χ0) is 14.8.